The van der Waals surface area contributed by atoms with E-state index in [0.717, 1.165) is 10.6 Å². The van der Waals surface area contributed by atoms with Gasteiger partial charge in [-0.1, -0.05) is 30.3 Å². The molecule has 2 aromatic heterocycles. The van der Waals surface area contributed by atoms with Crippen LogP contribution in [0.25, 0.3) is 0 Å². The van der Waals surface area contributed by atoms with Crippen molar-refractivity contribution in [2.45, 2.75) is 36.9 Å². The lowest BCUT2D eigenvalue weighted by molar-refractivity contribution is -0.154. The van der Waals surface area contributed by atoms with Crippen molar-refractivity contribution < 1.29 is 19.4 Å². The summed E-state index contributed by atoms with van der Waals surface area (Å²) in [5, 5.41) is 15.8. The van der Waals surface area contributed by atoms with Crippen LogP contribution in [0.15, 0.2) is 60.5 Å². The zero-order chi connectivity index (χ0) is 21.0. The van der Waals surface area contributed by atoms with E-state index in [1.54, 1.807) is 24.8 Å². The Labute approximate surface area is 177 Å². The molecule has 4 rings (SSSR count). The van der Waals surface area contributed by atoms with E-state index in [1.807, 2.05) is 35.7 Å². The van der Waals surface area contributed by atoms with Crippen LogP contribution in [0.2, 0.25) is 0 Å². The van der Waals surface area contributed by atoms with Crippen molar-refractivity contribution in [1.29, 1.82) is 0 Å². The van der Waals surface area contributed by atoms with Gasteiger partial charge in [-0.05, 0) is 12.0 Å². The number of aromatic nitrogens is 3. The van der Waals surface area contributed by atoms with E-state index >= 15 is 0 Å². The molecule has 0 saturated carbocycles. The van der Waals surface area contributed by atoms with Gasteiger partial charge < -0.3 is 9.84 Å². The van der Waals surface area contributed by atoms with Crippen LogP contribution in [0.3, 0.4) is 0 Å². The van der Waals surface area contributed by atoms with E-state index in [2.05, 4.69) is 20.3 Å². The maximum absolute atomic E-state index is 12.6. The average molecular weight is 424 g/mol. The van der Waals surface area contributed by atoms with Gasteiger partial charge in [-0.15, -0.1) is 11.3 Å². The van der Waals surface area contributed by atoms with Gasteiger partial charge in [0.2, 0.25) is 0 Å². The number of thiazole rings is 1. The molecule has 1 fully saturated rings. The number of esters is 1. The second-order valence-electron chi connectivity index (χ2n) is 7.14. The second-order valence-corrected chi connectivity index (χ2v) is 8.07. The molecule has 3 aromatic rings. The number of hydrogen-bond donors (Lipinski definition) is 2. The number of carboxylic acids is 1. The maximum Gasteiger partial charge on any atom is 0.324 e. The molecule has 1 aromatic carbocycles. The van der Waals surface area contributed by atoms with Gasteiger partial charge in [-0.25, -0.2) is 4.98 Å². The highest BCUT2D eigenvalue weighted by Crippen LogP contribution is 2.45. The summed E-state index contributed by atoms with van der Waals surface area (Å²) in [6.07, 6.45) is 6.31. The topological polar surface area (TPSA) is 114 Å². The van der Waals surface area contributed by atoms with E-state index in [4.69, 9.17) is 4.74 Å². The van der Waals surface area contributed by atoms with E-state index in [1.165, 1.54) is 11.3 Å². The van der Waals surface area contributed by atoms with Gasteiger partial charge in [0, 0.05) is 36.1 Å². The summed E-state index contributed by atoms with van der Waals surface area (Å²) in [6.45, 7) is 0.0961. The van der Waals surface area contributed by atoms with E-state index in [-0.39, 0.29) is 31.4 Å². The molecule has 0 amide bonds. The van der Waals surface area contributed by atoms with Crippen molar-refractivity contribution in [3.63, 3.8) is 0 Å². The van der Waals surface area contributed by atoms with Gasteiger partial charge in [-0.3, -0.25) is 24.9 Å². The van der Waals surface area contributed by atoms with Gasteiger partial charge in [0.15, 0.2) is 0 Å². The fourth-order valence-corrected chi connectivity index (χ4v) is 4.49. The molecule has 0 spiro atoms. The summed E-state index contributed by atoms with van der Waals surface area (Å²) in [5.41, 5.74) is 0.0189. The van der Waals surface area contributed by atoms with Crippen molar-refractivity contribution in [1.82, 2.24) is 20.3 Å². The second kappa shape index (κ2) is 8.68. The molecule has 1 aliphatic heterocycles. The third-order valence-electron chi connectivity index (χ3n) is 5.18. The summed E-state index contributed by atoms with van der Waals surface area (Å²) in [7, 11) is 0. The Balaban J connectivity index is 1.56. The van der Waals surface area contributed by atoms with Gasteiger partial charge in [0.25, 0.3) is 0 Å². The average Bonchev–Trinajstić information content (AvgIpc) is 3.42. The number of carbonyl (C=O) groups is 2. The highest BCUT2D eigenvalue weighted by molar-refractivity contribution is 7.09. The quantitative estimate of drug-likeness (QED) is 0.557. The van der Waals surface area contributed by atoms with Crippen LogP contribution in [-0.2, 0) is 20.9 Å². The van der Waals surface area contributed by atoms with Crippen LogP contribution >= 0.6 is 11.3 Å². The first-order valence-electron chi connectivity index (χ1n) is 9.43. The molecule has 3 atom stereocenters. The molecule has 1 aliphatic rings. The van der Waals surface area contributed by atoms with Crippen molar-refractivity contribution in [2.75, 3.05) is 0 Å². The predicted octanol–water partition coefficient (Wildman–Crippen LogP) is 2.71. The number of carbonyl (C=O) groups excluding carboxylic acids is 1. The molecule has 3 unspecified atom stereocenters. The van der Waals surface area contributed by atoms with Gasteiger partial charge >= 0.3 is 11.9 Å². The zero-order valence-corrected chi connectivity index (χ0v) is 16.8. The zero-order valence-electron chi connectivity index (χ0n) is 16.0. The monoisotopic (exact) mass is 424 g/mol. The highest BCUT2D eigenvalue weighted by atomic mass is 32.1. The number of nitrogens with zero attached hydrogens (tertiary/aromatic N) is 3. The summed E-state index contributed by atoms with van der Waals surface area (Å²) < 4.78 is 5.35. The van der Waals surface area contributed by atoms with Crippen LogP contribution in [0.5, 0.6) is 0 Å². The van der Waals surface area contributed by atoms with Crippen LogP contribution in [0.4, 0.5) is 0 Å². The number of hydrogen-bond acceptors (Lipinski definition) is 8. The van der Waals surface area contributed by atoms with Gasteiger partial charge in [0.05, 0.1) is 18.2 Å². The van der Waals surface area contributed by atoms with Crippen molar-refractivity contribution >= 4 is 23.3 Å². The Bertz CT molecular complexity index is 1000. The molecule has 30 heavy (non-hydrogen) atoms. The summed E-state index contributed by atoms with van der Waals surface area (Å²) >= 11 is 1.43. The smallest absolute Gasteiger partial charge is 0.324 e. The number of benzene rings is 1. The first-order valence-corrected chi connectivity index (χ1v) is 10.3. The molecule has 0 radical (unpaired) electrons. The fraction of sp³-hybridized carbons (Fsp3) is 0.286. The molecule has 2 N–H and O–H groups in total. The lowest BCUT2D eigenvalue weighted by Crippen LogP contribution is -2.49. The molecule has 1 saturated heterocycles. The Morgan fingerprint density at radius 3 is 2.70 bits per heavy atom. The van der Waals surface area contributed by atoms with Crippen molar-refractivity contribution in [2.24, 2.45) is 0 Å². The standard InChI is InChI=1S/C21H20N4O4S/c26-17(29-13-14-4-2-1-3-5-14)11-21(20(27)28)10-15(16-12-22-6-7-23-16)18(25-21)19-24-8-9-30-19/h1-9,12,15,18,25H,10-11,13H2,(H,27,28). The Hall–Kier alpha value is -3.17. The lowest BCUT2D eigenvalue weighted by Gasteiger charge is -2.24. The molecule has 9 heteroatoms. The molecule has 3 heterocycles. The normalized spacial score (nSPS) is 23.2. The van der Waals surface area contributed by atoms with Crippen molar-refractivity contribution in [3.8, 4) is 0 Å². The Morgan fingerprint density at radius 2 is 2.03 bits per heavy atom. The number of rotatable bonds is 7. The van der Waals surface area contributed by atoms with Crippen LogP contribution < -0.4 is 5.32 Å². The maximum atomic E-state index is 12.6. The summed E-state index contributed by atoms with van der Waals surface area (Å²) in [5.74, 6) is -1.97. The van der Waals surface area contributed by atoms with Crippen LogP contribution in [0.1, 0.15) is 41.1 Å². The molecular formula is C21H20N4O4S. The number of ether oxygens (including phenoxy) is 1. The first-order chi connectivity index (χ1) is 14.6. The Morgan fingerprint density at radius 1 is 1.20 bits per heavy atom. The number of carboxylic acid groups (broad SMARTS) is 1. The summed E-state index contributed by atoms with van der Waals surface area (Å²) in [6, 6.07) is 8.88. The lowest BCUT2D eigenvalue weighted by atomic mass is 9.87. The third kappa shape index (κ3) is 4.22. The minimum atomic E-state index is -1.48. The Kier molecular flexibility index (Phi) is 5.82. The first kappa shape index (κ1) is 20.1. The molecule has 154 valence electrons. The minimum Gasteiger partial charge on any atom is -0.480 e. The minimum absolute atomic E-state index is 0.0961. The van der Waals surface area contributed by atoms with E-state index < -0.39 is 17.5 Å². The van der Waals surface area contributed by atoms with Crippen LogP contribution in [-0.4, -0.2) is 37.5 Å². The van der Waals surface area contributed by atoms with Crippen molar-refractivity contribution in [3.05, 3.63) is 76.8 Å². The SMILES string of the molecule is O=C(CC1(C(=O)O)CC(c2cnccn2)C(c2nccs2)N1)OCc1ccccc1. The largest absolute Gasteiger partial charge is 0.480 e. The van der Waals surface area contributed by atoms with Crippen LogP contribution in [0, 0.1) is 0 Å². The number of nitrogens with one attached hydrogen (secondary N) is 1. The molecule has 0 aliphatic carbocycles. The summed E-state index contributed by atoms with van der Waals surface area (Å²) in [4.78, 5) is 37.7. The molecule has 8 nitrogen and oxygen atoms in total. The fourth-order valence-electron chi connectivity index (χ4n) is 3.73. The van der Waals surface area contributed by atoms with E-state index in [0.29, 0.717) is 5.69 Å². The number of aliphatic carboxylic acids is 1. The highest BCUT2D eigenvalue weighted by Gasteiger charge is 2.53. The predicted molar refractivity (Wildman–Crippen MR) is 109 cm³/mol. The third-order valence-corrected chi connectivity index (χ3v) is 6.04. The van der Waals surface area contributed by atoms with Gasteiger partial charge in [0.1, 0.15) is 17.2 Å². The molecular weight excluding hydrogens is 404 g/mol. The van der Waals surface area contributed by atoms with E-state index in [9.17, 15) is 14.7 Å². The molecule has 0 bridgehead atoms. The van der Waals surface area contributed by atoms with Gasteiger partial charge in [-0.2, -0.15) is 0 Å².